The van der Waals surface area contributed by atoms with Gasteiger partial charge in [0.25, 0.3) is 0 Å². The fourth-order valence-electron chi connectivity index (χ4n) is 2.88. The summed E-state index contributed by atoms with van der Waals surface area (Å²) in [4.78, 5) is 21.8. The molecule has 0 bridgehead atoms. The second-order valence-corrected chi connectivity index (χ2v) is 5.85. The minimum Gasteiger partial charge on any atom is -0.458 e. The minimum absolute atomic E-state index is 0.0369. The molecule has 3 aromatic rings. The number of fused-ring (bicyclic) bond motifs is 1. The van der Waals surface area contributed by atoms with Crippen LogP contribution in [0.5, 0.6) is 6.01 Å². The van der Waals surface area contributed by atoms with Crippen molar-refractivity contribution in [1.82, 2.24) is 20.0 Å². The van der Waals surface area contributed by atoms with Crippen molar-refractivity contribution >= 4 is 16.9 Å². The number of amides is 1. The summed E-state index contributed by atoms with van der Waals surface area (Å²) in [6, 6.07) is 7.56. The third kappa shape index (κ3) is 3.28. The highest BCUT2D eigenvalue weighted by molar-refractivity contribution is 5.86. The van der Waals surface area contributed by atoms with Crippen molar-refractivity contribution < 1.29 is 18.4 Å². The molecule has 128 valence electrons. The van der Waals surface area contributed by atoms with Crippen molar-refractivity contribution in [2.45, 2.75) is 18.9 Å². The normalized spacial score (nSPS) is 17.2. The summed E-state index contributed by atoms with van der Waals surface area (Å²) in [6.45, 7) is 1.02. The largest absolute Gasteiger partial charge is 0.458 e. The highest BCUT2D eigenvalue weighted by Gasteiger charge is 2.29. The Morgan fingerprint density at radius 2 is 2.12 bits per heavy atom. The Morgan fingerprint density at radius 1 is 1.32 bits per heavy atom. The summed E-state index contributed by atoms with van der Waals surface area (Å²) in [5, 5.41) is 4.84. The molecule has 1 atom stereocenters. The van der Waals surface area contributed by atoms with Crippen LogP contribution in [0.3, 0.4) is 0 Å². The van der Waals surface area contributed by atoms with Crippen LogP contribution in [-0.2, 0) is 11.2 Å². The van der Waals surface area contributed by atoms with Crippen LogP contribution in [0.4, 0.5) is 4.39 Å². The number of carbonyl (C=O) groups excluding carboxylic acids is 1. The molecular weight excluding hydrogens is 327 g/mol. The molecule has 25 heavy (non-hydrogen) atoms. The van der Waals surface area contributed by atoms with Crippen LogP contribution in [0.1, 0.15) is 12.1 Å². The zero-order chi connectivity index (χ0) is 17.2. The number of aromatic nitrogens is 3. The Hall–Kier alpha value is -3.03. The third-order valence-corrected chi connectivity index (χ3v) is 4.14. The minimum atomic E-state index is -0.518. The van der Waals surface area contributed by atoms with Gasteiger partial charge in [-0.15, -0.1) is 0 Å². The van der Waals surface area contributed by atoms with E-state index in [0.29, 0.717) is 30.8 Å². The lowest BCUT2D eigenvalue weighted by atomic mass is 10.1. The standard InChI is InChI=1S/C17H15FN4O3/c18-11-8-19-17(20-9-11)24-12-5-6-22(10-12)16(23)7-14-13-3-1-2-4-15(13)25-21-14/h1-4,8-9,12H,5-7,10H2/t12-/m0/s1. The van der Waals surface area contributed by atoms with E-state index in [1.54, 1.807) is 4.90 Å². The summed E-state index contributed by atoms with van der Waals surface area (Å²) >= 11 is 0. The van der Waals surface area contributed by atoms with Crippen molar-refractivity contribution in [2.75, 3.05) is 13.1 Å². The van der Waals surface area contributed by atoms with Crippen LogP contribution in [0.25, 0.3) is 11.0 Å². The smallest absolute Gasteiger partial charge is 0.316 e. The van der Waals surface area contributed by atoms with Gasteiger partial charge in [0.15, 0.2) is 11.4 Å². The quantitative estimate of drug-likeness (QED) is 0.721. The maximum atomic E-state index is 12.8. The Morgan fingerprint density at radius 3 is 2.96 bits per heavy atom. The number of carbonyl (C=O) groups is 1. The van der Waals surface area contributed by atoms with Crippen LogP contribution in [0, 0.1) is 5.82 Å². The maximum absolute atomic E-state index is 12.8. The second-order valence-electron chi connectivity index (χ2n) is 5.85. The van der Waals surface area contributed by atoms with E-state index in [0.717, 1.165) is 17.8 Å². The number of benzene rings is 1. The van der Waals surface area contributed by atoms with Gasteiger partial charge in [0, 0.05) is 18.4 Å². The van der Waals surface area contributed by atoms with Crippen LogP contribution < -0.4 is 4.74 Å². The number of likely N-dealkylation sites (tertiary alicyclic amines) is 1. The number of ether oxygens (including phenoxy) is 1. The van der Waals surface area contributed by atoms with Crippen molar-refractivity contribution in [1.29, 1.82) is 0 Å². The monoisotopic (exact) mass is 342 g/mol. The molecule has 3 heterocycles. The van der Waals surface area contributed by atoms with E-state index in [1.807, 2.05) is 24.3 Å². The lowest BCUT2D eigenvalue weighted by Gasteiger charge is -2.16. The predicted molar refractivity (Wildman–Crippen MR) is 85.3 cm³/mol. The van der Waals surface area contributed by atoms with E-state index in [1.165, 1.54) is 0 Å². The summed E-state index contributed by atoms with van der Waals surface area (Å²) in [5.41, 5.74) is 1.30. The SMILES string of the molecule is O=C(Cc1noc2ccccc12)N1CC[C@H](Oc2ncc(F)cn2)C1. The van der Waals surface area contributed by atoms with Gasteiger partial charge in [-0.2, -0.15) is 0 Å². The van der Waals surface area contributed by atoms with Gasteiger partial charge in [0.05, 0.1) is 25.4 Å². The van der Waals surface area contributed by atoms with Crippen molar-refractivity contribution in [3.8, 4) is 6.01 Å². The molecule has 4 rings (SSSR count). The number of halogens is 1. The predicted octanol–water partition coefficient (Wildman–Crippen LogP) is 1.98. The van der Waals surface area contributed by atoms with Gasteiger partial charge in [-0.3, -0.25) is 4.79 Å². The molecule has 7 nitrogen and oxygen atoms in total. The molecule has 0 N–H and O–H groups in total. The maximum Gasteiger partial charge on any atom is 0.316 e. The first-order valence-corrected chi connectivity index (χ1v) is 7.94. The highest BCUT2D eigenvalue weighted by atomic mass is 19.1. The number of nitrogens with zero attached hydrogens (tertiary/aromatic N) is 4. The zero-order valence-electron chi connectivity index (χ0n) is 13.3. The molecule has 8 heteroatoms. The molecule has 1 aliphatic heterocycles. The van der Waals surface area contributed by atoms with Crippen LogP contribution in [0.2, 0.25) is 0 Å². The number of hydrogen-bond acceptors (Lipinski definition) is 6. The lowest BCUT2D eigenvalue weighted by molar-refractivity contribution is -0.129. The first kappa shape index (κ1) is 15.5. The Balaban J connectivity index is 1.38. The number of rotatable bonds is 4. The summed E-state index contributed by atoms with van der Waals surface area (Å²) in [6.07, 6.45) is 2.75. The molecule has 1 amide bonds. The first-order chi connectivity index (χ1) is 12.2. The van der Waals surface area contributed by atoms with E-state index in [-0.39, 0.29) is 24.4 Å². The molecule has 0 saturated carbocycles. The molecule has 0 aliphatic carbocycles. The topological polar surface area (TPSA) is 81.4 Å². The molecule has 1 aromatic carbocycles. The molecule has 0 radical (unpaired) electrons. The van der Waals surface area contributed by atoms with Gasteiger partial charge in [0.1, 0.15) is 11.8 Å². The van der Waals surface area contributed by atoms with Gasteiger partial charge in [-0.25, -0.2) is 14.4 Å². The van der Waals surface area contributed by atoms with Crippen molar-refractivity contribution in [3.05, 3.63) is 48.2 Å². The Kier molecular flexibility index (Phi) is 4.01. The molecule has 1 aliphatic rings. The van der Waals surface area contributed by atoms with E-state index >= 15 is 0 Å². The fraction of sp³-hybridized carbons (Fsp3) is 0.294. The van der Waals surface area contributed by atoms with Crippen LogP contribution >= 0.6 is 0 Å². The number of para-hydroxylation sites is 1. The van der Waals surface area contributed by atoms with E-state index in [4.69, 9.17) is 9.26 Å². The fourth-order valence-corrected chi connectivity index (χ4v) is 2.88. The zero-order valence-corrected chi connectivity index (χ0v) is 13.3. The molecule has 1 saturated heterocycles. The van der Waals surface area contributed by atoms with E-state index in [2.05, 4.69) is 15.1 Å². The second kappa shape index (κ2) is 6.46. The summed E-state index contributed by atoms with van der Waals surface area (Å²) in [5.74, 6) is -0.555. The molecule has 1 fully saturated rings. The van der Waals surface area contributed by atoms with Gasteiger partial charge >= 0.3 is 6.01 Å². The van der Waals surface area contributed by atoms with Gasteiger partial charge < -0.3 is 14.2 Å². The van der Waals surface area contributed by atoms with Gasteiger partial charge in [0.2, 0.25) is 5.91 Å². The van der Waals surface area contributed by atoms with Crippen LogP contribution in [-0.4, -0.2) is 45.1 Å². The summed E-state index contributed by atoms with van der Waals surface area (Å²) < 4.78 is 23.6. The molecule has 2 aromatic heterocycles. The average Bonchev–Trinajstić information content (AvgIpc) is 3.25. The summed E-state index contributed by atoms with van der Waals surface area (Å²) in [7, 11) is 0. The average molecular weight is 342 g/mol. The molecular formula is C17H15FN4O3. The van der Waals surface area contributed by atoms with Crippen LogP contribution in [0.15, 0.2) is 41.2 Å². The Bertz CT molecular complexity index is 896. The van der Waals surface area contributed by atoms with Crippen molar-refractivity contribution in [2.24, 2.45) is 0 Å². The van der Waals surface area contributed by atoms with Crippen molar-refractivity contribution in [3.63, 3.8) is 0 Å². The van der Waals surface area contributed by atoms with E-state index in [9.17, 15) is 9.18 Å². The molecule has 0 unspecified atom stereocenters. The molecule has 0 spiro atoms. The first-order valence-electron chi connectivity index (χ1n) is 7.94. The third-order valence-electron chi connectivity index (χ3n) is 4.14. The lowest BCUT2D eigenvalue weighted by Crippen LogP contribution is -2.32. The van der Waals surface area contributed by atoms with Gasteiger partial charge in [-0.05, 0) is 12.1 Å². The van der Waals surface area contributed by atoms with E-state index < -0.39 is 5.82 Å². The number of hydrogen-bond donors (Lipinski definition) is 0. The highest BCUT2D eigenvalue weighted by Crippen LogP contribution is 2.20. The Labute approximate surface area is 142 Å². The van der Waals surface area contributed by atoms with Gasteiger partial charge in [-0.1, -0.05) is 17.3 Å².